The Hall–Kier alpha value is -2.66. The van der Waals surface area contributed by atoms with E-state index >= 15 is 0 Å². The molecule has 5 nitrogen and oxygen atoms in total. The molecule has 0 bridgehead atoms. The number of aromatic nitrogens is 1. The van der Waals surface area contributed by atoms with E-state index in [4.69, 9.17) is 15.9 Å². The highest BCUT2D eigenvalue weighted by molar-refractivity contribution is 6.06. The first kappa shape index (κ1) is 13.3. The number of carbonyl (C=O) groups is 1. The number of ketones is 1. The van der Waals surface area contributed by atoms with E-state index in [-0.39, 0.29) is 5.78 Å². The van der Waals surface area contributed by atoms with Gasteiger partial charge in [0.05, 0.1) is 17.3 Å². The Bertz CT molecular complexity index is 788. The molecule has 0 spiro atoms. The Morgan fingerprint density at radius 3 is 2.67 bits per heavy atom. The van der Waals surface area contributed by atoms with E-state index in [9.17, 15) is 4.79 Å². The minimum Gasteiger partial charge on any atom is -0.436 e. The van der Waals surface area contributed by atoms with Gasteiger partial charge in [-0.2, -0.15) is 0 Å². The number of hydrogen-bond acceptors (Lipinski definition) is 5. The summed E-state index contributed by atoms with van der Waals surface area (Å²) in [5, 5.41) is 0. The fraction of sp³-hybridized carbons (Fsp3) is 0.125. The number of fused-ring (bicyclic) bond motifs is 1. The lowest BCUT2D eigenvalue weighted by Gasteiger charge is -2.09. The van der Waals surface area contributed by atoms with Crippen LogP contribution in [0.15, 0.2) is 46.9 Å². The zero-order valence-electron chi connectivity index (χ0n) is 11.5. The summed E-state index contributed by atoms with van der Waals surface area (Å²) < 4.78 is 5.70. The summed E-state index contributed by atoms with van der Waals surface area (Å²) in [6.07, 6.45) is 0. The van der Waals surface area contributed by atoms with Gasteiger partial charge in [0, 0.05) is 5.56 Å². The highest BCUT2D eigenvalue weighted by Gasteiger charge is 2.19. The van der Waals surface area contributed by atoms with E-state index in [1.807, 2.05) is 24.3 Å². The van der Waals surface area contributed by atoms with Gasteiger partial charge in [-0.15, -0.1) is 0 Å². The predicted octanol–water partition coefficient (Wildman–Crippen LogP) is 2.61. The van der Waals surface area contributed by atoms with Gasteiger partial charge in [0.1, 0.15) is 5.52 Å². The van der Waals surface area contributed by atoms with Gasteiger partial charge in [-0.25, -0.2) is 4.98 Å². The van der Waals surface area contributed by atoms with Crippen LogP contribution < -0.4 is 11.5 Å². The molecule has 5 heteroatoms. The molecular weight excluding hydrogens is 266 g/mol. The van der Waals surface area contributed by atoms with Crippen LogP contribution in [0, 0.1) is 0 Å². The van der Waals surface area contributed by atoms with Crippen molar-refractivity contribution in [1.82, 2.24) is 4.98 Å². The number of oxazole rings is 1. The molecule has 0 fully saturated rings. The van der Waals surface area contributed by atoms with Gasteiger partial charge in [-0.1, -0.05) is 18.2 Å². The summed E-state index contributed by atoms with van der Waals surface area (Å²) in [4.78, 5) is 16.5. The first-order valence-corrected chi connectivity index (χ1v) is 6.62. The highest BCUT2D eigenvalue weighted by atomic mass is 16.3. The van der Waals surface area contributed by atoms with Crippen molar-refractivity contribution in [3.63, 3.8) is 0 Å². The minimum atomic E-state index is -0.605. The first-order valence-electron chi connectivity index (χ1n) is 6.62. The summed E-state index contributed by atoms with van der Waals surface area (Å²) in [7, 11) is 0. The smallest absolute Gasteiger partial charge is 0.229 e. The van der Waals surface area contributed by atoms with Crippen molar-refractivity contribution in [3.05, 3.63) is 48.0 Å². The number of nitrogen functional groups attached to an aromatic ring is 1. The van der Waals surface area contributed by atoms with Gasteiger partial charge >= 0.3 is 0 Å². The van der Waals surface area contributed by atoms with E-state index in [0.717, 1.165) is 5.52 Å². The van der Waals surface area contributed by atoms with Crippen molar-refractivity contribution >= 4 is 22.6 Å². The average Bonchev–Trinajstić information content (AvgIpc) is 2.90. The summed E-state index contributed by atoms with van der Waals surface area (Å²) in [6.45, 7) is 1.63. The normalized spacial score (nSPS) is 12.5. The van der Waals surface area contributed by atoms with Crippen molar-refractivity contribution in [3.8, 4) is 11.5 Å². The molecule has 106 valence electrons. The summed E-state index contributed by atoms with van der Waals surface area (Å²) in [5.41, 5.74) is 14.5. The van der Waals surface area contributed by atoms with Gasteiger partial charge in [0.2, 0.25) is 5.89 Å². The minimum absolute atomic E-state index is 0.203. The largest absolute Gasteiger partial charge is 0.436 e. The first-order chi connectivity index (χ1) is 10.1. The summed E-state index contributed by atoms with van der Waals surface area (Å²) in [5.74, 6) is 0.193. The Morgan fingerprint density at radius 2 is 1.95 bits per heavy atom. The molecule has 0 saturated carbocycles. The second-order valence-corrected chi connectivity index (χ2v) is 4.91. The lowest BCUT2D eigenvalue weighted by atomic mass is 10.0. The van der Waals surface area contributed by atoms with E-state index in [2.05, 4.69) is 4.98 Å². The zero-order valence-corrected chi connectivity index (χ0v) is 11.5. The molecule has 1 unspecified atom stereocenters. The van der Waals surface area contributed by atoms with Crippen LogP contribution in [0.5, 0.6) is 0 Å². The van der Waals surface area contributed by atoms with Crippen LogP contribution in [0.4, 0.5) is 5.69 Å². The lowest BCUT2D eigenvalue weighted by molar-refractivity contribution is 0.0969. The van der Waals surface area contributed by atoms with Gasteiger partial charge in [0.15, 0.2) is 11.4 Å². The SMILES string of the molecule is CC(N)C(=O)c1cccc(-c2nc3ccccc3o2)c1N. The van der Waals surface area contributed by atoms with Crippen LogP contribution in [-0.2, 0) is 0 Å². The molecule has 0 aliphatic rings. The van der Waals surface area contributed by atoms with Gasteiger partial charge in [-0.3, -0.25) is 4.79 Å². The van der Waals surface area contributed by atoms with Crippen LogP contribution in [-0.4, -0.2) is 16.8 Å². The third kappa shape index (κ3) is 2.28. The van der Waals surface area contributed by atoms with Crippen LogP contribution in [0.3, 0.4) is 0 Å². The molecule has 0 amide bonds. The van der Waals surface area contributed by atoms with E-state index in [0.29, 0.717) is 28.3 Å². The highest BCUT2D eigenvalue weighted by Crippen LogP contribution is 2.30. The maximum Gasteiger partial charge on any atom is 0.229 e. The van der Waals surface area contributed by atoms with Gasteiger partial charge in [-0.05, 0) is 31.2 Å². The molecule has 3 aromatic rings. The van der Waals surface area contributed by atoms with E-state index < -0.39 is 6.04 Å². The third-order valence-electron chi connectivity index (χ3n) is 3.31. The number of nitrogens with two attached hydrogens (primary N) is 2. The zero-order chi connectivity index (χ0) is 15.0. The molecule has 0 aliphatic heterocycles. The number of hydrogen-bond donors (Lipinski definition) is 2. The number of carbonyl (C=O) groups excluding carboxylic acids is 1. The number of para-hydroxylation sites is 3. The standard InChI is InChI=1S/C16H15N3O2/c1-9(17)15(20)10-5-4-6-11(14(10)18)16-19-12-7-2-3-8-13(12)21-16/h2-9H,17-18H2,1H3. The Balaban J connectivity index is 2.14. The molecule has 0 aliphatic carbocycles. The number of anilines is 1. The fourth-order valence-electron chi connectivity index (χ4n) is 2.20. The molecule has 2 aromatic carbocycles. The summed E-state index contributed by atoms with van der Waals surface area (Å²) in [6, 6.07) is 12.0. The molecule has 1 heterocycles. The van der Waals surface area contributed by atoms with Crippen molar-refractivity contribution in [2.24, 2.45) is 5.73 Å². The van der Waals surface area contributed by atoms with Crippen molar-refractivity contribution in [2.45, 2.75) is 13.0 Å². The van der Waals surface area contributed by atoms with Gasteiger partial charge < -0.3 is 15.9 Å². The second-order valence-electron chi connectivity index (χ2n) is 4.91. The topological polar surface area (TPSA) is 95.1 Å². The fourth-order valence-corrected chi connectivity index (χ4v) is 2.20. The average molecular weight is 281 g/mol. The number of rotatable bonds is 3. The molecular formula is C16H15N3O2. The maximum absolute atomic E-state index is 12.1. The Kier molecular flexibility index (Phi) is 3.19. The van der Waals surface area contributed by atoms with Crippen LogP contribution in [0.1, 0.15) is 17.3 Å². The molecule has 0 saturated heterocycles. The molecule has 21 heavy (non-hydrogen) atoms. The van der Waals surface area contributed by atoms with Crippen molar-refractivity contribution in [2.75, 3.05) is 5.73 Å². The maximum atomic E-state index is 12.1. The van der Waals surface area contributed by atoms with Crippen LogP contribution >= 0.6 is 0 Å². The van der Waals surface area contributed by atoms with Crippen molar-refractivity contribution in [1.29, 1.82) is 0 Å². The molecule has 1 aromatic heterocycles. The van der Waals surface area contributed by atoms with Gasteiger partial charge in [0.25, 0.3) is 0 Å². The molecule has 1 atom stereocenters. The Morgan fingerprint density at radius 1 is 1.19 bits per heavy atom. The van der Waals surface area contributed by atoms with Crippen molar-refractivity contribution < 1.29 is 9.21 Å². The lowest BCUT2D eigenvalue weighted by Crippen LogP contribution is -2.27. The van der Waals surface area contributed by atoms with Crippen LogP contribution in [0.2, 0.25) is 0 Å². The quantitative estimate of drug-likeness (QED) is 0.568. The monoisotopic (exact) mass is 281 g/mol. The summed E-state index contributed by atoms with van der Waals surface area (Å²) >= 11 is 0. The van der Waals surface area contributed by atoms with Crippen LogP contribution in [0.25, 0.3) is 22.6 Å². The number of Topliss-reactive ketones (excluding diaryl/α,β-unsaturated/α-hetero) is 1. The second kappa shape index (κ2) is 5.03. The predicted molar refractivity (Wildman–Crippen MR) is 81.8 cm³/mol. The van der Waals surface area contributed by atoms with E-state index in [1.165, 1.54) is 0 Å². The van der Waals surface area contributed by atoms with E-state index in [1.54, 1.807) is 25.1 Å². The molecule has 3 rings (SSSR count). The molecule has 0 radical (unpaired) electrons. The third-order valence-corrected chi connectivity index (χ3v) is 3.31. The molecule has 4 N–H and O–H groups in total. The number of nitrogens with zero attached hydrogens (tertiary/aromatic N) is 1. The number of benzene rings is 2. The Labute approximate surface area is 121 Å².